The molecule has 194 valence electrons. The van der Waals surface area contributed by atoms with Crippen LogP contribution in [0.5, 0.6) is 0 Å². The molecule has 2 aromatic heterocycles. The minimum absolute atomic E-state index is 0. The number of H-pyrrole nitrogens is 1. The zero-order valence-electron chi connectivity index (χ0n) is 19.8. The molecule has 0 unspecified atom stereocenters. The SMILES string of the molecule is C.C=O.Cc1cc(C)on1.Clc1cc(Cl)c2[nH]c3c(c2c1)CCCC3.NC(=O)OCc1ccccc1. The quantitative estimate of drug-likeness (QED) is 0.279. The van der Waals surface area contributed by atoms with Gasteiger partial charge in [0.15, 0.2) is 0 Å². The number of nitrogens with one attached hydrogen (secondary N) is 1. The van der Waals surface area contributed by atoms with Crippen molar-refractivity contribution in [2.45, 2.75) is 53.6 Å². The summed E-state index contributed by atoms with van der Waals surface area (Å²) in [5.41, 5.74) is 10.5. The van der Waals surface area contributed by atoms with Crippen LogP contribution in [0.15, 0.2) is 53.1 Å². The third-order valence-electron chi connectivity index (χ3n) is 5.09. The van der Waals surface area contributed by atoms with E-state index in [4.69, 9.17) is 38.3 Å². The fourth-order valence-corrected chi connectivity index (χ4v) is 4.19. The molecule has 2 heterocycles. The smallest absolute Gasteiger partial charge is 0.404 e. The van der Waals surface area contributed by atoms with Crippen molar-refractivity contribution in [2.75, 3.05) is 0 Å². The maximum absolute atomic E-state index is 10.2. The Labute approximate surface area is 221 Å². The molecular weight excluding hydrogens is 501 g/mol. The first kappa shape index (κ1) is 30.7. The van der Waals surface area contributed by atoms with E-state index >= 15 is 0 Å². The number of hydrogen-bond donors (Lipinski definition) is 2. The monoisotopic (exact) mass is 533 g/mol. The second-order valence-corrected chi connectivity index (χ2v) is 8.62. The van der Waals surface area contributed by atoms with Gasteiger partial charge in [-0.1, -0.05) is 66.1 Å². The Balaban J connectivity index is 0.000000274. The molecule has 4 aromatic rings. The van der Waals surface area contributed by atoms with Crippen LogP contribution in [0.25, 0.3) is 10.9 Å². The van der Waals surface area contributed by atoms with E-state index < -0.39 is 6.09 Å². The van der Waals surface area contributed by atoms with E-state index in [0.717, 1.165) is 45.4 Å². The third-order valence-corrected chi connectivity index (χ3v) is 5.61. The molecular formula is C27H33Cl2N3O4. The van der Waals surface area contributed by atoms with Crippen LogP contribution in [0.1, 0.15) is 48.5 Å². The van der Waals surface area contributed by atoms with Crippen molar-refractivity contribution < 1.29 is 18.8 Å². The van der Waals surface area contributed by atoms with Gasteiger partial charge in [-0.05, 0) is 62.8 Å². The van der Waals surface area contributed by atoms with Gasteiger partial charge in [0.1, 0.15) is 19.2 Å². The van der Waals surface area contributed by atoms with E-state index in [2.05, 4.69) is 14.9 Å². The van der Waals surface area contributed by atoms with Crippen LogP contribution in [0.3, 0.4) is 0 Å². The highest BCUT2D eigenvalue weighted by atomic mass is 35.5. The lowest BCUT2D eigenvalue weighted by molar-refractivity contribution is -0.0980. The summed E-state index contributed by atoms with van der Waals surface area (Å²) in [5.74, 6) is 0.873. The van der Waals surface area contributed by atoms with Gasteiger partial charge in [-0.15, -0.1) is 0 Å². The molecule has 1 aliphatic rings. The molecule has 3 N–H and O–H groups in total. The maximum Gasteiger partial charge on any atom is 0.404 e. The fraction of sp³-hybridized carbons (Fsp3) is 0.296. The lowest BCUT2D eigenvalue weighted by Gasteiger charge is -2.10. The Morgan fingerprint density at radius 3 is 2.33 bits per heavy atom. The van der Waals surface area contributed by atoms with Crippen LogP contribution in [0.2, 0.25) is 10.0 Å². The number of carbonyl (C=O) groups is 2. The van der Waals surface area contributed by atoms with Crippen LogP contribution < -0.4 is 5.73 Å². The fourth-order valence-electron chi connectivity index (χ4n) is 3.65. The van der Waals surface area contributed by atoms with Crippen LogP contribution in [0.4, 0.5) is 4.79 Å². The van der Waals surface area contributed by atoms with E-state index in [0.29, 0.717) is 0 Å². The number of rotatable bonds is 2. The van der Waals surface area contributed by atoms with Crippen molar-refractivity contribution in [1.82, 2.24) is 10.1 Å². The number of aromatic nitrogens is 2. The summed E-state index contributed by atoms with van der Waals surface area (Å²) in [6, 6.07) is 15.1. The van der Waals surface area contributed by atoms with Gasteiger partial charge in [-0.2, -0.15) is 0 Å². The average molecular weight is 534 g/mol. The number of amides is 1. The van der Waals surface area contributed by atoms with E-state index in [1.807, 2.05) is 63.1 Å². The predicted molar refractivity (Wildman–Crippen MR) is 146 cm³/mol. The van der Waals surface area contributed by atoms with Crippen molar-refractivity contribution in [3.8, 4) is 0 Å². The Kier molecular flexibility index (Phi) is 13.4. The van der Waals surface area contributed by atoms with Crippen LogP contribution in [-0.4, -0.2) is 23.0 Å². The molecule has 0 radical (unpaired) electrons. The predicted octanol–water partition coefficient (Wildman–Crippen LogP) is 7.38. The number of primary amides is 1. The maximum atomic E-state index is 10.2. The number of aryl methyl sites for hydroxylation is 4. The minimum atomic E-state index is -0.742. The minimum Gasteiger partial charge on any atom is -0.445 e. The van der Waals surface area contributed by atoms with E-state index in [-0.39, 0.29) is 14.0 Å². The van der Waals surface area contributed by atoms with Gasteiger partial charge < -0.3 is 24.8 Å². The molecule has 36 heavy (non-hydrogen) atoms. The third kappa shape index (κ3) is 9.40. The number of fused-ring (bicyclic) bond motifs is 3. The Hall–Kier alpha value is -3.29. The molecule has 9 heteroatoms. The first-order valence-electron chi connectivity index (χ1n) is 11.0. The summed E-state index contributed by atoms with van der Waals surface area (Å²) < 4.78 is 9.28. The van der Waals surface area contributed by atoms with Gasteiger partial charge in [-0.25, -0.2) is 4.79 Å². The van der Waals surface area contributed by atoms with Gasteiger partial charge >= 0.3 is 6.09 Å². The molecule has 0 bridgehead atoms. The van der Waals surface area contributed by atoms with Crippen LogP contribution in [-0.2, 0) is 29.0 Å². The second kappa shape index (κ2) is 15.7. The standard InChI is InChI=1S/C12H11Cl2N.C8H9NO2.C5H7NO.CH2O.CH4/c13-7-5-9-8-3-1-2-4-11(8)15-12(9)10(14)6-7;9-8(10)11-6-7-4-2-1-3-5-7;1-4-3-5(2)7-6-4;1-2;/h5-6,15H,1-4H2;1-5H,6H2,(H2,9,10);3H,1-2H3;1H2;1H4. The lowest BCUT2D eigenvalue weighted by Crippen LogP contribution is -2.12. The highest BCUT2D eigenvalue weighted by Crippen LogP contribution is 2.34. The molecule has 0 spiro atoms. The number of ether oxygens (including phenoxy) is 1. The molecule has 1 aliphatic carbocycles. The molecule has 0 saturated carbocycles. The zero-order valence-corrected chi connectivity index (χ0v) is 21.3. The molecule has 0 saturated heterocycles. The highest BCUT2D eigenvalue weighted by molar-refractivity contribution is 6.38. The Bertz CT molecular complexity index is 1210. The average Bonchev–Trinajstić information content (AvgIpc) is 3.43. The normalized spacial score (nSPS) is 11.2. The first-order chi connectivity index (χ1) is 16.8. The Morgan fingerprint density at radius 1 is 1.11 bits per heavy atom. The summed E-state index contributed by atoms with van der Waals surface area (Å²) in [4.78, 5) is 21.6. The number of benzene rings is 2. The Morgan fingerprint density at radius 2 is 1.78 bits per heavy atom. The first-order valence-corrected chi connectivity index (χ1v) is 11.7. The largest absolute Gasteiger partial charge is 0.445 e. The zero-order chi connectivity index (χ0) is 25.8. The van der Waals surface area contributed by atoms with Crippen molar-refractivity contribution in [1.29, 1.82) is 0 Å². The van der Waals surface area contributed by atoms with Crippen molar-refractivity contribution in [3.63, 3.8) is 0 Å². The van der Waals surface area contributed by atoms with Gasteiger partial charge in [0, 0.05) is 22.2 Å². The van der Waals surface area contributed by atoms with Crippen molar-refractivity contribution in [3.05, 3.63) is 86.9 Å². The summed E-state index contributed by atoms with van der Waals surface area (Å²) in [7, 11) is 0. The number of nitrogens with two attached hydrogens (primary N) is 1. The molecule has 0 aliphatic heterocycles. The topological polar surface area (TPSA) is 111 Å². The van der Waals surface area contributed by atoms with Gasteiger partial charge in [0.2, 0.25) is 0 Å². The van der Waals surface area contributed by atoms with Crippen molar-refractivity contribution in [2.24, 2.45) is 5.73 Å². The van der Waals surface area contributed by atoms with E-state index in [1.54, 1.807) is 6.07 Å². The van der Waals surface area contributed by atoms with E-state index in [9.17, 15) is 4.79 Å². The summed E-state index contributed by atoms with van der Waals surface area (Å²) in [5, 5.41) is 6.30. The van der Waals surface area contributed by atoms with Gasteiger partial charge in [0.05, 0.1) is 16.2 Å². The number of halogens is 2. The van der Waals surface area contributed by atoms with Gasteiger partial charge in [0.25, 0.3) is 0 Å². The molecule has 1 amide bonds. The lowest BCUT2D eigenvalue weighted by atomic mass is 9.96. The van der Waals surface area contributed by atoms with Crippen molar-refractivity contribution >= 4 is 47.0 Å². The highest BCUT2D eigenvalue weighted by Gasteiger charge is 2.17. The number of nitrogens with zero attached hydrogens (tertiary/aromatic N) is 1. The molecule has 5 rings (SSSR count). The molecule has 2 aromatic carbocycles. The van der Waals surface area contributed by atoms with Gasteiger partial charge in [-0.3, -0.25) is 0 Å². The summed E-state index contributed by atoms with van der Waals surface area (Å²) >= 11 is 12.2. The van der Waals surface area contributed by atoms with Crippen LogP contribution >= 0.6 is 23.2 Å². The summed E-state index contributed by atoms with van der Waals surface area (Å²) in [6.45, 7) is 6.02. The van der Waals surface area contributed by atoms with E-state index in [1.165, 1.54) is 29.5 Å². The number of aromatic amines is 1. The number of hydrogen-bond acceptors (Lipinski definition) is 5. The second-order valence-electron chi connectivity index (χ2n) is 7.77. The molecule has 0 fully saturated rings. The summed E-state index contributed by atoms with van der Waals surface area (Å²) in [6.07, 6.45) is 4.08. The molecule has 0 atom stereocenters. The number of carbonyl (C=O) groups excluding carboxylic acids is 2. The van der Waals surface area contributed by atoms with Crippen LogP contribution in [0, 0.1) is 13.8 Å². The molecule has 7 nitrogen and oxygen atoms in total.